The number of aromatic carboxylic acids is 1. The first-order valence-corrected chi connectivity index (χ1v) is 6.56. The van der Waals surface area contributed by atoms with E-state index in [0.29, 0.717) is 0 Å². The van der Waals surface area contributed by atoms with Gasteiger partial charge in [-0.05, 0) is 43.7 Å². The molecule has 0 atom stereocenters. The summed E-state index contributed by atoms with van der Waals surface area (Å²) >= 11 is 0. The second kappa shape index (κ2) is 5.82. The zero-order chi connectivity index (χ0) is 13.8. The van der Waals surface area contributed by atoms with E-state index in [2.05, 4.69) is 17.2 Å². The lowest BCUT2D eigenvalue weighted by Gasteiger charge is -2.26. The summed E-state index contributed by atoms with van der Waals surface area (Å²) in [7, 11) is 0. The first-order chi connectivity index (χ1) is 9.06. The number of nitrogens with zero attached hydrogens (tertiary/aromatic N) is 1. The van der Waals surface area contributed by atoms with E-state index in [1.54, 1.807) is 0 Å². The summed E-state index contributed by atoms with van der Waals surface area (Å²) in [5.74, 6) is -0.618. The molecule has 0 aromatic carbocycles. The third kappa shape index (κ3) is 3.53. The minimum atomic E-state index is -1.05. The maximum atomic E-state index is 12.0. The zero-order valence-electron chi connectivity index (χ0n) is 10.9. The van der Waals surface area contributed by atoms with Gasteiger partial charge >= 0.3 is 5.97 Å². The summed E-state index contributed by atoms with van der Waals surface area (Å²) in [6.07, 6.45) is 5.54. The minimum Gasteiger partial charge on any atom is -0.478 e. The molecule has 1 heterocycles. The molecule has 2 rings (SSSR count). The molecule has 5 heteroatoms. The molecule has 1 saturated carbocycles. The number of hydrogen-bond donors (Lipinski definition) is 2. The number of carbonyl (C=O) groups is 2. The van der Waals surface area contributed by atoms with Gasteiger partial charge in [-0.25, -0.2) is 4.79 Å². The molecule has 1 fully saturated rings. The largest absolute Gasteiger partial charge is 0.478 e. The Kier molecular flexibility index (Phi) is 4.14. The van der Waals surface area contributed by atoms with Gasteiger partial charge in [0.1, 0.15) is 5.69 Å². The van der Waals surface area contributed by atoms with Crippen molar-refractivity contribution in [2.75, 3.05) is 0 Å². The van der Waals surface area contributed by atoms with E-state index in [0.717, 1.165) is 31.6 Å². The Morgan fingerprint density at radius 2 is 2.00 bits per heavy atom. The molecule has 0 bridgehead atoms. The van der Waals surface area contributed by atoms with Crippen molar-refractivity contribution in [3.63, 3.8) is 0 Å². The van der Waals surface area contributed by atoms with Gasteiger partial charge in [-0.2, -0.15) is 0 Å². The number of aromatic nitrogens is 1. The zero-order valence-corrected chi connectivity index (χ0v) is 10.9. The molecule has 5 nitrogen and oxygen atoms in total. The number of rotatable bonds is 3. The highest BCUT2D eigenvalue weighted by molar-refractivity contribution is 5.95. The Morgan fingerprint density at radius 1 is 1.32 bits per heavy atom. The first-order valence-electron chi connectivity index (χ1n) is 6.56. The summed E-state index contributed by atoms with van der Waals surface area (Å²) < 4.78 is 0. The van der Waals surface area contributed by atoms with E-state index < -0.39 is 5.97 Å². The van der Waals surface area contributed by atoms with Gasteiger partial charge in [-0.1, -0.05) is 6.92 Å². The van der Waals surface area contributed by atoms with E-state index in [9.17, 15) is 9.59 Å². The van der Waals surface area contributed by atoms with Crippen LogP contribution in [0, 0.1) is 5.92 Å². The molecule has 1 aromatic heterocycles. The number of carbonyl (C=O) groups excluding carboxylic acids is 1. The van der Waals surface area contributed by atoms with Crippen LogP contribution in [0.3, 0.4) is 0 Å². The van der Waals surface area contributed by atoms with Crippen molar-refractivity contribution in [3.05, 3.63) is 29.6 Å². The fourth-order valence-electron chi connectivity index (χ4n) is 2.35. The molecule has 0 radical (unpaired) electrons. The Bertz CT molecular complexity index is 479. The normalized spacial score (nSPS) is 22.8. The van der Waals surface area contributed by atoms with Crippen LogP contribution in [-0.4, -0.2) is 28.0 Å². The summed E-state index contributed by atoms with van der Waals surface area (Å²) in [5, 5.41) is 11.8. The van der Waals surface area contributed by atoms with Crippen LogP contribution >= 0.6 is 0 Å². The van der Waals surface area contributed by atoms with Crippen molar-refractivity contribution in [2.24, 2.45) is 5.92 Å². The fourth-order valence-corrected chi connectivity index (χ4v) is 2.35. The van der Waals surface area contributed by atoms with Crippen LogP contribution in [-0.2, 0) is 0 Å². The lowest BCUT2D eigenvalue weighted by Crippen LogP contribution is -2.37. The van der Waals surface area contributed by atoms with Crippen molar-refractivity contribution in [1.29, 1.82) is 0 Å². The van der Waals surface area contributed by atoms with Crippen molar-refractivity contribution in [1.82, 2.24) is 10.3 Å². The van der Waals surface area contributed by atoms with E-state index in [4.69, 9.17) is 5.11 Å². The molecular formula is C14H18N2O3. The Labute approximate surface area is 112 Å². The van der Waals surface area contributed by atoms with Gasteiger partial charge in [-0.3, -0.25) is 9.78 Å². The average Bonchev–Trinajstić information content (AvgIpc) is 2.41. The van der Waals surface area contributed by atoms with Gasteiger partial charge in [0.15, 0.2) is 0 Å². The van der Waals surface area contributed by atoms with Gasteiger partial charge in [0.05, 0.1) is 5.56 Å². The molecular weight excluding hydrogens is 244 g/mol. The lowest BCUT2D eigenvalue weighted by molar-refractivity contribution is 0.0696. The van der Waals surface area contributed by atoms with Crippen LogP contribution in [0.5, 0.6) is 0 Å². The molecule has 0 spiro atoms. The maximum Gasteiger partial charge on any atom is 0.335 e. The van der Waals surface area contributed by atoms with Gasteiger partial charge in [0.25, 0.3) is 5.91 Å². The molecule has 0 saturated heterocycles. The van der Waals surface area contributed by atoms with E-state index in [-0.39, 0.29) is 23.2 Å². The predicted octanol–water partition coefficient (Wildman–Crippen LogP) is 2.09. The third-order valence-corrected chi connectivity index (χ3v) is 3.59. The standard InChI is InChI=1S/C14H18N2O3/c1-9-2-4-11(5-3-9)16-13(17)12-8-10(14(18)19)6-7-15-12/h6-9,11H,2-5H2,1H3,(H,16,17)(H,18,19). The monoisotopic (exact) mass is 262 g/mol. The highest BCUT2D eigenvalue weighted by Crippen LogP contribution is 2.23. The van der Waals surface area contributed by atoms with Gasteiger partial charge < -0.3 is 10.4 Å². The molecule has 2 N–H and O–H groups in total. The quantitative estimate of drug-likeness (QED) is 0.874. The molecule has 1 aliphatic rings. The molecule has 1 aliphatic carbocycles. The molecule has 1 aromatic rings. The van der Waals surface area contributed by atoms with Crippen molar-refractivity contribution in [3.8, 4) is 0 Å². The fraction of sp³-hybridized carbons (Fsp3) is 0.500. The van der Waals surface area contributed by atoms with Crippen LogP contribution in [0.2, 0.25) is 0 Å². The maximum absolute atomic E-state index is 12.0. The van der Waals surface area contributed by atoms with Crippen LogP contribution < -0.4 is 5.32 Å². The van der Waals surface area contributed by atoms with Gasteiger partial charge in [-0.15, -0.1) is 0 Å². The molecule has 0 aliphatic heterocycles. The Hall–Kier alpha value is -1.91. The number of pyridine rings is 1. The summed E-state index contributed by atoms with van der Waals surface area (Å²) in [6, 6.07) is 2.86. The number of amides is 1. The van der Waals surface area contributed by atoms with Gasteiger partial charge in [0, 0.05) is 12.2 Å². The average molecular weight is 262 g/mol. The first kappa shape index (κ1) is 13.5. The molecule has 102 valence electrons. The highest BCUT2D eigenvalue weighted by atomic mass is 16.4. The third-order valence-electron chi connectivity index (χ3n) is 3.59. The minimum absolute atomic E-state index is 0.0809. The van der Waals surface area contributed by atoms with E-state index >= 15 is 0 Å². The molecule has 19 heavy (non-hydrogen) atoms. The molecule has 1 amide bonds. The topological polar surface area (TPSA) is 79.3 Å². The van der Waals surface area contributed by atoms with Gasteiger partial charge in [0.2, 0.25) is 0 Å². The van der Waals surface area contributed by atoms with Crippen molar-refractivity contribution >= 4 is 11.9 Å². The van der Waals surface area contributed by atoms with Crippen LogP contribution in [0.25, 0.3) is 0 Å². The number of hydrogen-bond acceptors (Lipinski definition) is 3. The second-order valence-corrected chi connectivity index (χ2v) is 5.17. The summed E-state index contributed by atoms with van der Waals surface area (Å²) in [6.45, 7) is 2.22. The second-order valence-electron chi connectivity index (χ2n) is 5.17. The van der Waals surface area contributed by atoms with Crippen molar-refractivity contribution < 1.29 is 14.7 Å². The number of carboxylic acids is 1. The SMILES string of the molecule is CC1CCC(NC(=O)c2cc(C(=O)O)ccn2)CC1. The van der Waals surface area contributed by atoms with Crippen LogP contribution in [0.1, 0.15) is 53.5 Å². The Morgan fingerprint density at radius 3 is 2.63 bits per heavy atom. The van der Waals surface area contributed by atoms with Crippen molar-refractivity contribution in [2.45, 2.75) is 38.6 Å². The smallest absolute Gasteiger partial charge is 0.335 e. The van der Waals surface area contributed by atoms with E-state index in [1.165, 1.54) is 18.3 Å². The van der Waals surface area contributed by atoms with Crippen LogP contribution in [0.15, 0.2) is 18.3 Å². The van der Waals surface area contributed by atoms with Crippen LogP contribution in [0.4, 0.5) is 0 Å². The number of nitrogens with one attached hydrogen (secondary N) is 1. The molecule has 0 unspecified atom stereocenters. The van der Waals surface area contributed by atoms with E-state index in [1.807, 2.05) is 0 Å². The summed E-state index contributed by atoms with van der Waals surface area (Å²) in [4.78, 5) is 26.8. The number of carboxylic acid groups (broad SMARTS) is 1. The highest BCUT2D eigenvalue weighted by Gasteiger charge is 2.21. The lowest BCUT2D eigenvalue weighted by atomic mass is 9.87. The summed E-state index contributed by atoms with van der Waals surface area (Å²) in [5.41, 5.74) is 0.246. The Balaban J connectivity index is 2.00. The predicted molar refractivity (Wildman–Crippen MR) is 70.1 cm³/mol.